The van der Waals surface area contributed by atoms with Crippen molar-refractivity contribution < 1.29 is 10.2 Å². The number of phenolic OH excluding ortho intramolecular Hbond substituents is 1. The zero-order chi connectivity index (χ0) is 10.9. The summed E-state index contributed by atoms with van der Waals surface area (Å²) >= 11 is 0. The summed E-state index contributed by atoms with van der Waals surface area (Å²) in [5.74, 6) is 1.09. The molecule has 0 aromatic heterocycles. The first-order chi connectivity index (χ1) is 7.08. The van der Waals surface area contributed by atoms with Gasteiger partial charge >= 0.3 is 0 Å². The molecule has 2 nitrogen and oxygen atoms in total. The van der Waals surface area contributed by atoms with Crippen LogP contribution >= 0.6 is 0 Å². The number of aromatic hydroxyl groups is 1. The molecule has 1 fully saturated rings. The fourth-order valence-corrected chi connectivity index (χ4v) is 1.86. The maximum atomic E-state index is 10.3. The second-order valence-corrected chi connectivity index (χ2v) is 4.80. The van der Waals surface area contributed by atoms with Crippen molar-refractivity contribution in [3.63, 3.8) is 0 Å². The van der Waals surface area contributed by atoms with Crippen LogP contribution < -0.4 is 0 Å². The van der Waals surface area contributed by atoms with Gasteiger partial charge in [-0.2, -0.15) is 0 Å². The van der Waals surface area contributed by atoms with E-state index in [2.05, 4.69) is 0 Å². The van der Waals surface area contributed by atoms with Crippen LogP contribution in [0.2, 0.25) is 0 Å². The van der Waals surface area contributed by atoms with E-state index < -0.39 is 5.60 Å². The van der Waals surface area contributed by atoms with Gasteiger partial charge in [0.25, 0.3) is 0 Å². The molecule has 2 heteroatoms. The van der Waals surface area contributed by atoms with Crippen LogP contribution in [0.25, 0.3) is 0 Å². The minimum absolute atomic E-state index is 0.247. The molecular formula is C13H18O2. The third-order valence-electron chi connectivity index (χ3n) is 3.23. The quantitative estimate of drug-likeness (QED) is 0.795. The third kappa shape index (κ3) is 2.72. The molecule has 0 saturated heterocycles. The van der Waals surface area contributed by atoms with Gasteiger partial charge < -0.3 is 10.2 Å². The molecule has 0 spiro atoms. The van der Waals surface area contributed by atoms with E-state index in [4.69, 9.17) is 5.11 Å². The van der Waals surface area contributed by atoms with Gasteiger partial charge in [0, 0.05) is 0 Å². The van der Waals surface area contributed by atoms with E-state index >= 15 is 0 Å². The Hall–Kier alpha value is -1.02. The predicted molar refractivity (Wildman–Crippen MR) is 59.6 cm³/mol. The summed E-state index contributed by atoms with van der Waals surface area (Å²) < 4.78 is 0. The maximum Gasteiger partial charge on any atom is 0.115 e. The van der Waals surface area contributed by atoms with Gasteiger partial charge in [-0.15, -0.1) is 0 Å². The Bertz CT molecular complexity index is 323. The molecule has 0 amide bonds. The molecule has 2 rings (SSSR count). The van der Waals surface area contributed by atoms with Crippen LogP contribution in [0.5, 0.6) is 5.75 Å². The minimum Gasteiger partial charge on any atom is -0.508 e. The second kappa shape index (κ2) is 3.86. The van der Waals surface area contributed by atoms with E-state index in [9.17, 15) is 5.11 Å². The van der Waals surface area contributed by atoms with E-state index in [0.29, 0.717) is 0 Å². The first-order valence-electron chi connectivity index (χ1n) is 5.60. The van der Waals surface area contributed by atoms with E-state index in [1.165, 1.54) is 12.8 Å². The van der Waals surface area contributed by atoms with Gasteiger partial charge in [0.05, 0.1) is 5.60 Å². The monoisotopic (exact) mass is 206 g/mol. The smallest absolute Gasteiger partial charge is 0.115 e. The molecule has 0 aliphatic heterocycles. The third-order valence-corrected chi connectivity index (χ3v) is 3.23. The Balaban J connectivity index is 2.02. The highest BCUT2D eigenvalue weighted by atomic mass is 16.3. The number of rotatable bonds is 4. The van der Waals surface area contributed by atoms with Gasteiger partial charge in [0.1, 0.15) is 5.75 Å². The number of benzene rings is 1. The molecule has 1 aliphatic carbocycles. The van der Waals surface area contributed by atoms with E-state index in [-0.39, 0.29) is 5.75 Å². The van der Waals surface area contributed by atoms with Crippen molar-refractivity contribution in [2.45, 2.75) is 38.2 Å². The summed E-state index contributed by atoms with van der Waals surface area (Å²) in [5.41, 5.74) is 0.136. The molecule has 0 radical (unpaired) electrons. The summed E-state index contributed by atoms with van der Waals surface area (Å²) in [6.07, 6.45) is 4.56. The van der Waals surface area contributed by atoms with Gasteiger partial charge in [-0.1, -0.05) is 25.0 Å². The number of hydrogen-bond acceptors (Lipinski definition) is 2. The average molecular weight is 206 g/mol. The van der Waals surface area contributed by atoms with Crippen molar-refractivity contribution in [2.75, 3.05) is 0 Å². The zero-order valence-corrected chi connectivity index (χ0v) is 9.11. The molecule has 1 atom stereocenters. The first kappa shape index (κ1) is 10.5. The van der Waals surface area contributed by atoms with Crippen LogP contribution in [-0.2, 0) is 5.60 Å². The normalized spacial score (nSPS) is 19.9. The van der Waals surface area contributed by atoms with E-state index in [0.717, 1.165) is 24.3 Å². The van der Waals surface area contributed by atoms with Crippen LogP contribution in [0, 0.1) is 5.92 Å². The summed E-state index contributed by atoms with van der Waals surface area (Å²) in [6, 6.07) is 6.84. The molecule has 1 saturated carbocycles. The Kier molecular flexibility index (Phi) is 2.70. The van der Waals surface area contributed by atoms with Crippen LogP contribution in [0.3, 0.4) is 0 Å². The van der Waals surface area contributed by atoms with Crippen molar-refractivity contribution >= 4 is 0 Å². The van der Waals surface area contributed by atoms with Crippen molar-refractivity contribution in [1.29, 1.82) is 0 Å². The Labute approximate surface area is 90.6 Å². The van der Waals surface area contributed by atoms with Crippen LogP contribution in [0.15, 0.2) is 24.3 Å². The lowest BCUT2D eigenvalue weighted by Crippen LogP contribution is -2.20. The average Bonchev–Trinajstić information content (AvgIpc) is 2.99. The SMILES string of the molecule is CC(O)(CCC1CC1)c1ccc(O)cc1. The highest BCUT2D eigenvalue weighted by molar-refractivity contribution is 5.29. The second-order valence-electron chi connectivity index (χ2n) is 4.80. The molecule has 0 bridgehead atoms. The molecule has 15 heavy (non-hydrogen) atoms. The van der Waals surface area contributed by atoms with Crippen LogP contribution in [0.4, 0.5) is 0 Å². The Morgan fingerprint density at radius 3 is 2.40 bits per heavy atom. The predicted octanol–water partition coefficient (Wildman–Crippen LogP) is 2.79. The number of aliphatic hydroxyl groups is 1. The molecular weight excluding hydrogens is 188 g/mol. The topological polar surface area (TPSA) is 40.5 Å². The molecule has 1 aromatic carbocycles. The summed E-state index contributed by atoms with van der Waals surface area (Å²) in [5, 5.41) is 19.4. The lowest BCUT2D eigenvalue weighted by Gasteiger charge is -2.23. The van der Waals surface area contributed by atoms with Gasteiger partial charge in [0.2, 0.25) is 0 Å². The minimum atomic E-state index is -0.754. The van der Waals surface area contributed by atoms with Crippen molar-refractivity contribution in [1.82, 2.24) is 0 Å². The van der Waals surface area contributed by atoms with Gasteiger partial charge in [0.15, 0.2) is 0 Å². The van der Waals surface area contributed by atoms with Crippen molar-refractivity contribution in [3.8, 4) is 5.75 Å². The Morgan fingerprint density at radius 1 is 1.27 bits per heavy atom. The first-order valence-corrected chi connectivity index (χ1v) is 5.60. The molecule has 1 aliphatic rings. The zero-order valence-electron chi connectivity index (χ0n) is 9.11. The number of phenols is 1. The highest BCUT2D eigenvalue weighted by Crippen LogP contribution is 2.37. The fraction of sp³-hybridized carbons (Fsp3) is 0.538. The maximum absolute atomic E-state index is 10.3. The van der Waals surface area contributed by atoms with Crippen molar-refractivity contribution in [3.05, 3.63) is 29.8 Å². The molecule has 2 N–H and O–H groups in total. The molecule has 1 aromatic rings. The lowest BCUT2D eigenvalue weighted by atomic mass is 9.90. The van der Waals surface area contributed by atoms with Gasteiger partial charge in [-0.05, 0) is 43.4 Å². The summed E-state index contributed by atoms with van der Waals surface area (Å²) in [6.45, 7) is 1.85. The van der Waals surface area contributed by atoms with Gasteiger partial charge in [-0.25, -0.2) is 0 Å². The number of hydrogen-bond donors (Lipinski definition) is 2. The highest BCUT2D eigenvalue weighted by Gasteiger charge is 2.28. The van der Waals surface area contributed by atoms with Crippen molar-refractivity contribution in [2.24, 2.45) is 5.92 Å². The lowest BCUT2D eigenvalue weighted by molar-refractivity contribution is 0.0439. The molecule has 1 unspecified atom stereocenters. The summed E-state index contributed by atoms with van der Waals surface area (Å²) in [4.78, 5) is 0. The standard InChI is InChI=1S/C13H18O2/c1-13(15,9-8-10-2-3-10)11-4-6-12(14)7-5-11/h4-7,10,14-15H,2-3,8-9H2,1H3. The van der Waals surface area contributed by atoms with Crippen LogP contribution in [-0.4, -0.2) is 10.2 Å². The van der Waals surface area contributed by atoms with E-state index in [1.54, 1.807) is 24.3 Å². The fourth-order valence-electron chi connectivity index (χ4n) is 1.86. The molecule has 82 valence electrons. The van der Waals surface area contributed by atoms with Gasteiger partial charge in [-0.3, -0.25) is 0 Å². The largest absolute Gasteiger partial charge is 0.508 e. The summed E-state index contributed by atoms with van der Waals surface area (Å²) in [7, 11) is 0. The van der Waals surface area contributed by atoms with E-state index in [1.807, 2.05) is 6.92 Å². The van der Waals surface area contributed by atoms with Crippen LogP contribution in [0.1, 0.15) is 38.2 Å². The Morgan fingerprint density at radius 2 is 1.87 bits per heavy atom. The molecule has 0 heterocycles.